The number of primary sulfonamides is 1. The molecule has 1 aromatic carbocycles. The van der Waals surface area contributed by atoms with Gasteiger partial charge in [-0.1, -0.05) is 0 Å². The number of aryl methyl sites for hydroxylation is 2. The van der Waals surface area contributed by atoms with Crippen LogP contribution in [0.4, 0.5) is 5.69 Å². The molecule has 0 spiro atoms. The molecular formula is C13H18N4O2S. The maximum atomic E-state index is 11.5. The highest BCUT2D eigenvalue weighted by atomic mass is 32.2. The van der Waals surface area contributed by atoms with E-state index < -0.39 is 10.0 Å². The molecule has 1 aromatic heterocycles. The van der Waals surface area contributed by atoms with Crippen molar-refractivity contribution in [2.24, 2.45) is 5.14 Å². The molecule has 2 rings (SSSR count). The number of hydrogen-bond acceptors (Lipinski definition) is 4. The second-order valence-corrected chi connectivity index (χ2v) is 6.35. The number of sulfonamides is 1. The van der Waals surface area contributed by atoms with E-state index in [1.807, 2.05) is 20.8 Å². The summed E-state index contributed by atoms with van der Waals surface area (Å²) in [6.45, 7) is 6.24. The van der Waals surface area contributed by atoms with Crippen LogP contribution in [-0.2, 0) is 16.6 Å². The number of H-pyrrole nitrogens is 1. The Morgan fingerprint density at radius 3 is 2.55 bits per heavy atom. The van der Waals surface area contributed by atoms with Crippen LogP contribution < -0.4 is 10.5 Å². The van der Waals surface area contributed by atoms with Gasteiger partial charge in [0, 0.05) is 11.4 Å². The fourth-order valence-electron chi connectivity index (χ4n) is 1.92. The lowest BCUT2D eigenvalue weighted by Crippen LogP contribution is -2.13. The monoisotopic (exact) mass is 294 g/mol. The lowest BCUT2D eigenvalue weighted by Gasteiger charge is -2.13. The average molecular weight is 294 g/mol. The normalized spacial score (nSPS) is 11.6. The summed E-state index contributed by atoms with van der Waals surface area (Å²) in [5.74, 6) is 0. The summed E-state index contributed by atoms with van der Waals surface area (Å²) in [5, 5.41) is 8.39. The molecule has 1 heterocycles. The molecule has 0 saturated carbocycles. The van der Waals surface area contributed by atoms with Gasteiger partial charge >= 0.3 is 0 Å². The molecule has 0 fully saturated rings. The van der Waals surface area contributed by atoms with E-state index in [0.717, 1.165) is 28.2 Å². The van der Waals surface area contributed by atoms with Crippen LogP contribution in [0.3, 0.4) is 0 Å². The summed E-state index contributed by atoms with van der Waals surface area (Å²) in [7, 11) is -3.71. The van der Waals surface area contributed by atoms with Crippen molar-refractivity contribution in [3.8, 4) is 0 Å². The first-order valence-electron chi connectivity index (χ1n) is 6.16. The van der Waals surface area contributed by atoms with Gasteiger partial charge in [-0.3, -0.25) is 0 Å². The SMILES string of the molecule is Cc1cc(S(N)(=O)=O)cc(NCc2nc[nH]c2C)c1C. The van der Waals surface area contributed by atoms with Crippen molar-refractivity contribution in [3.63, 3.8) is 0 Å². The van der Waals surface area contributed by atoms with Crippen LogP contribution in [0.1, 0.15) is 22.5 Å². The second kappa shape index (κ2) is 5.26. The summed E-state index contributed by atoms with van der Waals surface area (Å²) < 4.78 is 22.9. The van der Waals surface area contributed by atoms with Crippen LogP contribution in [0.25, 0.3) is 0 Å². The van der Waals surface area contributed by atoms with Gasteiger partial charge in [0.05, 0.1) is 23.5 Å². The standard InChI is InChI=1S/C13H18N4O2S/c1-8-4-11(20(14,18)19)5-12(9(8)2)15-6-13-10(3)16-7-17-13/h4-5,7,15H,6H2,1-3H3,(H,16,17)(H2,14,18,19). The number of aromatic nitrogens is 2. The molecule has 0 bridgehead atoms. The molecule has 4 N–H and O–H groups in total. The van der Waals surface area contributed by atoms with Gasteiger partial charge in [-0.05, 0) is 44.0 Å². The van der Waals surface area contributed by atoms with Gasteiger partial charge in [0.1, 0.15) is 0 Å². The molecule has 0 saturated heterocycles. The molecule has 108 valence electrons. The van der Waals surface area contributed by atoms with Gasteiger partial charge in [-0.15, -0.1) is 0 Å². The summed E-state index contributed by atoms with van der Waals surface area (Å²) in [5.41, 5.74) is 4.48. The van der Waals surface area contributed by atoms with E-state index in [0.29, 0.717) is 6.54 Å². The number of rotatable bonds is 4. The highest BCUT2D eigenvalue weighted by molar-refractivity contribution is 7.89. The lowest BCUT2D eigenvalue weighted by molar-refractivity contribution is 0.597. The van der Waals surface area contributed by atoms with Gasteiger partial charge in [-0.2, -0.15) is 0 Å². The maximum Gasteiger partial charge on any atom is 0.238 e. The Hall–Kier alpha value is -1.86. The Balaban J connectivity index is 2.32. The first-order valence-corrected chi connectivity index (χ1v) is 7.70. The first-order chi connectivity index (χ1) is 9.29. The van der Waals surface area contributed by atoms with Crippen molar-refractivity contribution in [1.29, 1.82) is 0 Å². The molecule has 0 amide bonds. The van der Waals surface area contributed by atoms with Crippen LogP contribution in [0.2, 0.25) is 0 Å². The molecular weight excluding hydrogens is 276 g/mol. The highest BCUT2D eigenvalue weighted by Gasteiger charge is 2.13. The van der Waals surface area contributed by atoms with Gasteiger partial charge in [0.25, 0.3) is 0 Å². The largest absolute Gasteiger partial charge is 0.379 e. The Bertz CT molecular complexity index is 735. The third-order valence-corrected chi connectivity index (χ3v) is 4.24. The van der Waals surface area contributed by atoms with Crippen molar-refractivity contribution in [1.82, 2.24) is 9.97 Å². The number of benzene rings is 1. The fourth-order valence-corrected chi connectivity index (χ4v) is 2.54. The quantitative estimate of drug-likeness (QED) is 0.797. The lowest BCUT2D eigenvalue weighted by atomic mass is 10.1. The summed E-state index contributed by atoms with van der Waals surface area (Å²) in [6.07, 6.45) is 1.63. The Labute approximate surface area is 118 Å². The zero-order chi connectivity index (χ0) is 14.9. The van der Waals surface area contributed by atoms with E-state index in [1.54, 1.807) is 18.5 Å². The van der Waals surface area contributed by atoms with Crippen molar-refractivity contribution >= 4 is 15.7 Å². The maximum absolute atomic E-state index is 11.5. The third-order valence-electron chi connectivity index (χ3n) is 3.35. The van der Waals surface area contributed by atoms with Gasteiger partial charge in [-0.25, -0.2) is 18.5 Å². The number of nitrogens with zero attached hydrogens (tertiary/aromatic N) is 1. The summed E-state index contributed by atoms with van der Waals surface area (Å²) in [6, 6.07) is 3.13. The van der Waals surface area contributed by atoms with Crippen LogP contribution in [-0.4, -0.2) is 18.4 Å². The molecule has 7 heteroatoms. The van der Waals surface area contributed by atoms with E-state index in [2.05, 4.69) is 15.3 Å². The van der Waals surface area contributed by atoms with Crippen molar-refractivity contribution in [3.05, 3.63) is 41.0 Å². The Morgan fingerprint density at radius 1 is 1.30 bits per heavy atom. The van der Waals surface area contributed by atoms with E-state index >= 15 is 0 Å². The molecule has 0 radical (unpaired) electrons. The first kappa shape index (κ1) is 14.5. The van der Waals surface area contributed by atoms with Gasteiger partial charge < -0.3 is 10.3 Å². The Kier molecular flexibility index (Phi) is 3.82. The number of anilines is 1. The zero-order valence-corrected chi connectivity index (χ0v) is 12.5. The second-order valence-electron chi connectivity index (χ2n) is 4.79. The summed E-state index contributed by atoms with van der Waals surface area (Å²) in [4.78, 5) is 7.31. The third kappa shape index (κ3) is 3.00. The van der Waals surface area contributed by atoms with Crippen LogP contribution in [0.5, 0.6) is 0 Å². The van der Waals surface area contributed by atoms with Gasteiger partial charge in [0.15, 0.2) is 0 Å². The smallest absolute Gasteiger partial charge is 0.238 e. The number of imidazole rings is 1. The molecule has 6 nitrogen and oxygen atoms in total. The van der Waals surface area contributed by atoms with Crippen molar-refractivity contribution < 1.29 is 8.42 Å². The van der Waals surface area contributed by atoms with Gasteiger partial charge in [0.2, 0.25) is 10.0 Å². The minimum atomic E-state index is -3.71. The van der Waals surface area contributed by atoms with Crippen molar-refractivity contribution in [2.45, 2.75) is 32.2 Å². The highest BCUT2D eigenvalue weighted by Crippen LogP contribution is 2.24. The minimum Gasteiger partial charge on any atom is -0.379 e. The molecule has 0 atom stereocenters. The number of nitrogens with two attached hydrogens (primary N) is 1. The molecule has 2 aromatic rings. The minimum absolute atomic E-state index is 0.113. The topological polar surface area (TPSA) is 101 Å². The van der Waals surface area contributed by atoms with E-state index in [9.17, 15) is 8.42 Å². The average Bonchev–Trinajstić information content (AvgIpc) is 2.75. The van der Waals surface area contributed by atoms with Crippen LogP contribution in [0.15, 0.2) is 23.4 Å². The molecule has 0 unspecified atom stereocenters. The molecule has 0 aliphatic carbocycles. The van der Waals surface area contributed by atoms with E-state index in [1.165, 1.54) is 0 Å². The Morgan fingerprint density at radius 2 is 2.00 bits per heavy atom. The predicted molar refractivity (Wildman–Crippen MR) is 77.9 cm³/mol. The summed E-state index contributed by atoms with van der Waals surface area (Å²) >= 11 is 0. The fraction of sp³-hybridized carbons (Fsp3) is 0.308. The van der Waals surface area contributed by atoms with E-state index in [4.69, 9.17) is 5.14 Å². The van der Waals surface area contributed by atoms with Crippen LogP contribution >= 0.6 is 0 Å². The zero-order valence-electron chi connectivity index (χ0n) is 11.7. The van der Waals surface area contributed by atoms with Crippen molar-refractivity contribution in [2.75, 3.05) is 5.32 Å². The van der Waals surface area contributed by atoms with E-state index in [-0.39, 0.29) is 4.90 Å². The molecule has 0 aliphatic rings. The predicted octanol–water partition coefficient (Wildman–Crippen LogP) is 1.59. The molecule has 0 aliphatic heterocycles. The number of nitrogens with one attached hydrogen (secondary N) is 2. The number of hydrogen-bond donors (Lipinski definition) is 3. The number of aromatic amines is 1. The molecule has 20 heavy (non-hydrogen) atoms. The van der Waals surface area contributed by atoms with Crippen LogP contribution in [0, 0.1) is 20.8 Å².